The summed E-state index contributed by atoms with van der Waals surface area (Å²) in [5, 5.41) is 2.88. The fourth-order valence-electron chi connectivity index (χ4n) is 3.54. The molecular formula is C22H28N2O3. The Balaban J connectivity index is 1.62. The van der Waals surface area contributed by atoms with Gasteiger partial charge in [0.1, 0.15) is 5.75 Å². The lowest BCUT2D eigenvalue weighted by molar-refractivity contribution is 0.147. The van der Waals surface area contributed by atoms with Crippen LogP contribution in [-0.4, -0.2) is 43.8 Å². The normalized spacial score (nSPS) is 16.9. The Kier molecular flexibility index (Phi) is 6.71. The predicted octanol–water partition coefficient (Wildman–Crippen LogP) is 4.79. The quantitative estimate of drug-likeness (QED) is 0.764. The van der Waals surface area contributed by atoms with E-state index >= 15 is 0 Å². The molecule has 144 valence electrons. The smallest absolute Gasteiger partial charge is 0.411 e. The highest BCUT2D eigenvalue weighted by molar-refractivity contribution is 5.91. The molecule has 0 saturated carbocycles. The SMILES string of the molecule is CCOc1cccc(-c2ccccc2NC(=O)OCCC2CCCN2C)c1. The summed E-state index contributed by atoms with van der Waals surface area (Å²) in [6.07, 6.45) is 2.87. The van der Waals surface area contributed by atoms with E-state index in [1.54, 1.807) is 0 Å². The second-order valence-electron chi connectivity index (χ2n) is 6.83. The Hall–Kier alpha value is -2.53. The Labute approximate surface area is 161 Å². The average molecular weight is 368 g/mol. The molecule has 1 N–H and O–H groups in total. The first kappa shape index (κ1) is 19.2. The van der Waals surface area contributed by atoms with E-state index in [-0.39, 0.29) is 0 Å². The first-order valence-electron chi connectivity index (χ1n) is 9.63. The van der Waals surface area contributed by atoms with Gasteiger partial charge in [-0.1, -0.05) is 30.3 Å². The van der Waals surface area contributed by atoms with Gasteiger partial charge in [-0.15, -0.1) is 0 Å². The molecule has 5 heteroatoms. The number of amides is 1. The zero-order chi connectivity index (χ0) is 19.1. The first-order chi connectivity index (χ1) is 13.2. The van der Waals surface area contributed by atoms with Gasteiger partial charge in [0.25, 0.3) is 0 Å². The minimum Gasteiger partial charge on any atom is -0.494 e. The maximum Gasteiger partial charge on any atom is 0.411 e. The van der Waals surface area contributed by atoms with E-state index in [1.807, 2.05) is 55.5 Å². The molecule has 0 aliphatic carbocycles. The molecule has 1 saturated heterocycles. The number of rotatable bonds is 7. The molecule has 0 spiro atoms. The highest BCUT2D eigenvalue weighted by Crippen LogP contribution is 2.30. The zero-order valence-electron chi connectivity index (χ0n) is 16.1. The van der Waals surface area contributed by atoms with Crippen molar-refractivity contribution in [3.8, 4) is 16.9 Å². The van der Waals surface area contributed by atoms with Crippen LogP contribution in [0.5, 0.6) is 5.75 Å². The lowest BCUT2D eigenvalue weighted by atomic mass is 10.0. The van der Waals surface area contributed by atoms with Gasteiger partial charge in [-0.25, -0.2) is 4.79 Å². The Bertz CT molecular complexity index is 763. The number of carbonyl (C=O) groups excluding carboxylic acids is 1. The summed E-state index contributed by atoms with van der Waals surface area (Å²) in [7, 11) is 2.13. The minimum atomic E-state index is -0.413. The Morgan fingerprint density at radius 2 is 2.07 bits per heavy atom. The third-order valence-corrected chi connectivity index (χ3v) is 4.98. The van der Waals surface area contributed by atoms with Crippen molar-refractivity contribution < 1.29 is 14.3 Å². The molecule has 1 unspecified atom stereocenters. The standard InChI is InChI=1S/C22H28N2O3/c1-3-26-19-10-6-8-17(16-19)20-11-4-5-12-21(20)23-22(25)27-15-13-18-9-7-14-24(18)2/h4-6,8,10-12,16,18H,3,7,9,13-15H2,1-2H3,(H,23,25). The summed E-state index contributed by atoms with van der Waals surface area (Å²) < 4.78 is 11.0. The van der Waals surface area contributed by atoms with Gasteiger partial charge in [0.15, 0.2) is 0 Å². The summed E-state index contributed by atoms with van der Waals surface area (Å²) >= 11 is 0. The number of nitrogens with zero attached hydrogens (tertiary/aromatic N) is 1. The molecule has 1 heterocycles. The second-order valence-corrected chi connectivity index (χ2v) is 6.83. The van der Waals surface area contributed by atoms with E-state index in [4.69, 9.17) is 9.47 Å². The van der Waals surface area contributed by atoms with Crippen molar-refractivity contribution in [1.82, 2.24) is 4.90 Å². The van der Waals surface area contributed by atoms with Crippen molar-refractivity contribution in [3.63, 3.8) is 0 Å². The van der Waals surface area contributed by atoms with Crippen LogP contribution in [0.15, 0.2) is 48.5 Å². The lowest BCUT2D eigenvalue weighted by Gasteiger charge is -2.19. The number of para-hydroxylation sites is 1. The number of hydrogen-bond acceptors (Lipinski definition) is 4. The van der Waals surface area contributed by atoms with Gasteiger partial charge in [-0.05, 0) is 63.5 Å². The molecule has 0 aromatic heterocycles. The first-order valence-corrected chi connectivity index (χ1v) is 9.63. The molecule has 0 radical (unpaired) electrons. The van der Waals surface area contributed by atoms with Gasteiger partial charge in [0.05, 0.1) is 18.9 Å². The van der Waals surface area contributed by atoms with Crippen molar-refractivity contribution in [2.45, 2.75) is 32.2 Å². The van der Waals surface area contributed by atoms with Crippen LogP contribution in [0.3, 0.4) is 0 Å². The number of benzene rings is 2. The van der Waals surface area contributed by atoms with Gasteiger partial charge in [-0.3, -0.25) is 5.32 Å². The van der Waals surface area contributed by atoms with E-state index in [0.717, 1.165) is 35.5 Å². The molecule has 1 aliphatic rings. The number of nitrogens with one attached hydrogen (secondary N) is 1. The molecule has 2 aromatic carbocycles. The van der Waals surface area contributed by atoms with Crippen LogP contribution >= 0.6 is 0 Å². The van der Waals surface area contributed by atoms with Crippen molar-refractivity contribution in [2.24, 2.45) is 0 Å². The maximum absolute atomic E-state index is 12.2. The fourth-order valence-corrected chi connectivity index (χ4v) is 3.54. The van der Waals surface area contributed by atoms with E-state index in [2.05, 4.69) is 17.3 Å². The van der Waals surface area contributed by atoms with Gasteiger partial charge in [0, 0.05) is 11.6 Å². The van der Waals surface area contributed by atoms with Crippen molar-refractivity contribution >= 4 is 11.8 Å². The largest absolute Gasteiger partial charge is 0.494 e. The summed E-state index contributed by atoms with van der Waals surface area (Å²) in [4.78, 5) is 14.6. The van der Waals surface area contributed by atoms with E-state index in [0.29, 0.717) is 19.3 Å². The van der Waals surface area contributed by atoms with Gasteiger partial charge < -0.3 is 14.4 Å². The van der Waals surface area contributed by atoms with Crippen LogP contribution in [0, 0.1) is 0 Å². The summed E-state index contributed by atoms with van der Waals surface area (Å²) in [6, 6.07) is 16.1. The number of hydrogen-bond donors (Lipinski definition) is 1. The molecule has 1 aliphatic heterocycles. The van der Waals surface area contributed by atoms with Crippen molar-refractivity contribution in [2.75, 3.05) is 32.1 Å². The van der Waals surface area contributed by atoms with Crippen LogP contribution in [0.25, 0.3) is 11.1 Å². The number of likely N-dealkylation sites (tertiary alicyclic amines) is 1. The third-order valence-electron chi connectivity index (χ3n) is 4.98. The highest BCUT2D eigenvalue weighted by Gasteiger charge is 2.20. The van der Waals surface area contributed by atoms with Gasteiger partial charge in [-0.2, -0.15) is 0 Å². The molecule has 5 nitrogen and oxygen atoms in total. The summed E-state index contributed by atoms with van der Waals surface area (Å²) in [6.45, 7) is 4.14. The molecule has 1 fully saturated rings. The van der Waals surface area contributed by atoms with Crippen molar-refractivity contribution in [3.05, 3.63) is 48.5 Å². The lowest BCUT2D eigenvalue weighted by Crippen LogP contribution is -2.27. The predicted molar refractivity (Wildman–Crippen MR) is 108 cm³/mol. The Morgan fingerprint density at radius 3 is 2.85 bits per heavy atom. The van der Waals surface area contributed by atoms with E-state index < -0.39 is 6.09 Å². The minimum absolute atomic E-state index is 0.413. The monoisotopic (exact) mass is 368 g/mol. The molecule has 0 bridgehead atoms. The fraction of sp³-hybridized carbons (Fsp3) is 0.409. The zero-order valence-corrected chi connectivity index (χ0v) is 16.1. The number of carbonyl (C=O) groups is 1. The highest BCUT2D eigenvalue weighted by atomic mass is 16.5. The number of anilines is 1. The summed E-state index contributed by atoms with van der Waals surface area (Å²) in [5.74, 6) is 0.813. The van der Waals surface area contributed by atoms with Crippen LogP contribution in [0.1, 0.15) is 26.2 Å². The van der Waals surface area contributed by atoms with Crippen LogP contribution < -0.4 is 10.1 Å². The molecule has 1 atom stereocenters. The van der Waals surface area contributed by atoms with Crippen LogP contribution in [-0.2, 0) is 4.74 Å². The maximum atomic E-state index is 12.2. The second kappa shape index (κ2) is 9.42. The van der Waals surface area contributed by atoms with Crippen LogP contribution in [0.4, 0.5) is 10.5 Å². The molecule has 3 rings (SSSR count). The Morgan fingerprint density at radius 1 is 1.22 bits per heavy atom. The molecule has 1 amide bonds. The van der Waals surface area contributed by atoms with Crippen LogP contribution in [0.2, 0.25) is 0 Å². The molecular weight excluding hydrogens is 340 g/mol. The van der Waals surface area contributed by atoms with E-state index in [9.17, 15) is 4.79 Å². The molecule has 27 heavy (non-hydrogen) atoms. The third kappa shape index (κ3) is 5.23. The van der Waals surface area contributed by atoms with Gasteiger partial charge >= 0.3 is 6.09 Å². The number of ether oxygens (including phenoxy) is 2. The topological polar surface area (TPSA) is 50.8 Å². The van der Waals surface area contributed by atoms with Gasteiger partial charge in [0.2, 0.25) is 0 Å². The average Bonchev–Trinajstić information content (AvgIpc) is 3.08. The summed E-state index contributed by atoms with van der Waals surface area (Å²) in [5.41, 5.74) is 2.66. The molecule has 2 aromatic rings. The van der Waals surface area contributed by atoms with E-state index in [1.165, 1.54) is 12.8 Å². The van der Waals surface area contributed by atoms with Crippen molar-refractivity contribution in [1.29, 1.82) is 0 Å².